The maximum atomic E-state index is 12.5. The summed E-state index contributed by atoms with van der Waals surface area (Å²) in [7, 11) is 0. The number of nitrogens with one attached hydrogen (secondary N) is 1. The van der Waals surface area contributed by atoms with Gasteiger partial charge in [0, 0.05) is 16.6 Å². The number of carbonyl (C=O) groups excluding carboxylic acids is 1. The van der Waals surface area contributed by atoms with Gasteiger partial charge in [0.05, 0.1) is 0 Å². The van der Waals surface area contributed by atoms with Crippen molar-refractivity contribution in [3.05, 3.63) is 77.1 Å². The van der Waals surface area contributed by atoms with Gasteiger partial charge in [0.1, 0.15) is 6.54 Å². The fourth-order valence-electron chi connectivity index (χ4n) is 2.88. The summed E-state index contributed by atoms with van der Waals surface area (Å²) in [5.41, 5.74) is 2.72. The van der Waals surface area contributed by atoms with Crippen LogP contribution in [0.15, 0.2) is 71.1 Å². The van der Waals surface area contributed by atoms with E-state index >= 15 is 0 Å². The molecule has 0 atom stereocenters. The second-order valence-corrected chi connectivity index (χ2v) is 6.62. The Morgan fingerprint density at radius 3 is 2.63 bits per heavy atom. The lowest BCUT2D eigenvalue weighted by Crippen LogP contribution is -2.19. The van der Waals surface area contributed by atoms with E-state index in [1.54, 1.807) is 0 Å². The van der Waals surface area contributed by atoms with Crippen molar-refractivity contribution in [2.45, 2.75) is 13.5 Å². The molecule has 4 rings (SSSR count). The second kappa shape index (κ2) is 7.17. The number of hydrogen-bond acceptors (Lipinski definition) is 4. The van der Waals surface area contributed by atoms with Crippen LogP contribution in [0, 0.1) is 11.8 Å². The molecular weight excluding hydrogens is 358 g/mol. The van der Waals surface area contributed by atoms with E-state index in [0.29, 0.717) is 5.89 Å². The fourth-order valence-corrected chi connectivity index (χ4v) is 3.06. The van der Waals surface area contributed by atoms with Gasteiger partial charge in [-0.25, -0.2) is 4.68 Å². The van der Waals surface area contributed by atoms with Crippen LogP contribution < -0.4 is 5.32 Å². The van der Waals surface area contributed by atoms with Gasteiger partial charge in [0.25, 0.3) is 4.84 Å². The van der Waals surface area contributed by atoms with Gasteiger partial charge < -0.3 is 9.73 Å². The molecule has 27 heavy (non-hydrogen) atoms. The molecule has 134 valence electrons. The lowest BCUT2D eigenvalue weighted by molar-refractivity contribution is -0.116. The third-order valence-electron chi connectivity index (χ3n) is 4.26. The van der Waals surface area contributed by atoms with Crippen LogP contribution in [0.1, 0.15) is 5.56 Å². The van der Waals surface area contributed by atoms with Gasteiger partial charge in [-0.15, -0.1) is 5.10 Å². The quantitative estimate of drug-likeness (QED) is 0.512. The van der Waals surface area contributed by atoms with Gasteiger partial charge in [-0.05, 0) is 42.7 Å². The van der Waals surface area contributed by atoms with Crippen LogP contribution in [0.3, 0.4) is 0 Å². The summed E-state index contributed by atoms with van der Waals surface area (Å²) in [5, 5.41) is 9.32. The highest BCUT2D eigenvalue weighted by atomic mass is 32.1. The molecule has 5 nitrogen and oxygen atoms in total. The molecule has 0 bridgehead atoms. The maximum Gasteiger partial charge on any atom is 0.287 e. The van der Waals surface area contributed by atoms with Crippen molar-refractivity contribution in [2.24, 2.45) is 0 Å². The summed E-state index contributed by atoms with van der Waals surface area (Å²) in [6.45, 7) is 1.99. The zero-order valence-corrected chi connectivity index (χ0v) is 15.5. The fraction of sp³-hybridized carbons (Fsp3) is 0.0952. The SMILES string of the molecule is Cc1ccc(-c2nn(CC(=O)Nc3cccc4ccccc34)c(=S)o2)cc1. The van der Waals surface area contributed by atoms with E-state index in [0.717, 1.165) is 27.6 Å². The minimum Gasteiger partial charge on any atom is -0.409 e. The Hall–Kier alpha value is -3.25. The third kappa shape index (κ3) is 3.66. The topological polar surface area (TPSA) is 60.1 Å². The second-order valence-electron chi connectivity index (χ2n) is 6.27. The third-order valence-corrected chi connectivity index (χ3v) is 4.56. The number of hydrogen-bond donors (Lipinski definition) is 1. The van der Waals surface area contributed by atoms with Crippen molar-refractivity contribution in [1.29, 1.82) is 0 Å². The number of aromatic nitrogens is 2. The minimum absolute atomic E-state index is 0.0165. The summed E-state index contributed by atoms with van der Waals surface area (Å²) in [6, 6.07) is 21.5. The average molecular weight is 375 g/mol. The van der Waals surface area contributed by atoms with Gasteiger partial charge >= 0.3 is 0 Å². The summed E-state index contributed by atoms with van der Waals surface area (Å²) < 4.78 is 6.94. The molecule has 0 aliphatic carbocycles. The van der Waals surface area contributed by atoms with Crippen LogP contribution in [0.25, 0.3) is 22.2 Å². The Morgan fingerprint density at radius 1 is 1.07 bits per heavy atom. The molecule has 1 amide bonds. The predicted octanol–water partition coefficient (Wildman–Crippen LogP) is 4.97. The molecule has 0 unspecified atom stereocenters. The van der Waals surface area contributed by atoms with E-state index in [1.165, 1.54) is 4.68 Å². The lowest BCUT2D eigenvalue weighted by Gasteiger charge is -2.08. The largest absolute Gasteiger partial charge is 0.409 e. The number of amides is 1. The predicted molar refractivity (Wildman–Crippen MR) is 108 cm³/mol. The van der Waals surface area contributed by atoms with Crippen molar-refractivity contribution in [2.75, 3.05) is 5.32 Å². The Labute approximate surface area is 161 Å². The monoisotopic (exact) mass is 375 g/mol. The lowest BCUT2D eigenvalue weighted by atomic mass is 10.1. The molecule has 0 spiro atoms. The van der Waals surface area contributed by atoms with Crippen molar-refractivity contribution in [3.63, 3.8) is 0 Å². The Morgan fingerprint density at radius 2 is 1.81 bits per heavy atom. The standard InChI is InChI=1S/C21H17N3O2S/c1-14-9-11-16(12-10-14)20-23-24(21(27)26-20)13-19(25)22-18-8-4-6-15-5-2-3-7-17(15)18/h2-12H,13H2,1H3,(H,22,25). The van der Waals surface area contributed by atoms with E-state index in [9.17, 15) is 4.79 Å². The molecule has 0 radical (unpaired) electrons. The molecule has 3 aromatic carbocycles. The number of fused-ring (bicyclic) bond motifs is 1. The van der Waals surface area contributed by atoms with Crippen LogP contribution in [0.5, 0.6) is 0 Å². The molecule has 1 N–H and O–H groups in total. The van der Waals surface area contributed by atoms with Crippen molar-refractivity contribution < 1.29 is 9.21 Å². The highest BCUT2D eigenvalue weighted by Crippen LogP contribution is 2.23. The Balaban J connectivity index is 1.55. The average Bonchev–Trinajstić information content (AvgIpc) is 3.03. The Kier molecular flexibility index (Phi) is 4.56. The smallest absolute Gasteiger partial charge is 0.287 e. The van der Waals surface area contributed by atoms with Crippen molar-refractivity contribution in [1.82, 2.24) is 9.78 Å². The number of rotatable bonds is 4. The number of aryl methyl sites for hydroxylation is 1. The molecule has 1 heterocycles. The van der Waals surface area contributed by atoms with E-state index in [-0.39, 0.29) is 17.3 Å². The first kappa shape index (κ1) is 17.2. The molecule has 0 fully saturated rings. The highest BCUT2D eigenvalue weighted by molar-refractivity contribution is 7.71. The molecule has 0 saturated carbocycles. The van der Waals surface area contributed by atoms with Crippen LogP contribution in [0.4, 0.5) is 5.69 Å². The molecule has 4 aromatic rings. The first-order chi connectivity index (χ1) is 13.1. The summed E-state index contributed by atoms with van der Waals surface area (Å²) in [4.78, 5) is 12.7. The van der Waals surface area contributed by atoms with Gasteiger partial charge in [0.2, 0.25) is 11.8 Å². The van der Waals surface area contributed by atoms with Crippen molar-refractivity contribution in [3.8, 4) is 11.5 Å². The zero-order valence-electron chi connectivity index (χ0n) is 14.7. The van der Waals surface area contributed by atoms with Gasteiger partial charge in [-0.1, -0.05) is 54.1 Å². The number of nitrogens with zero attached hydrogens (tertiary/aromatic N) is 2. The maximum absolute atomic E-state index is 12.5. The molecule has 6 heteroatoms. The van der Waals surface area contributed by atoms with Crippen LogP contribution in [-0.2, 0) is 11.3 Å². The number of anilines is 1. The summed E-state index contributed by atoms with van der Waals surface area (Å²) in [6.07, 6.45) is 0. The van der Waals surface area contributed by atoms with E-state index in [2.05, 4.69) is 10.4 Å². The molecule has 0 saturated heterocycles. The highest BCUT2D eigenvalue weighted by Gasteiger charge is 2.12. The molecule has 1 aromatic heterocycles. The van der Waals surface area contributed by atoms with Gasteiger partial charge in [-0.3, -0.25) is 4.79 Å². The first-order valence-corrected chi connectivity index (χ1v) is 8.93. The number of carbonyl (C=O) groups is 1. The van der Waals surface area contributed by atoms with Crippen LogP contribution in [0.2, 0.25) is 0 Å². The van der Waals surface area contributed by atoms with Crippen molar-refractivity contribution >= 4 is 34.6 Å². The zero-order chi connectivity index (χ0) is 18.8. The minimum atomic E-state index is -0.216. The summed E-state index contributed by atoms with van der Waals surface area (Å²) in [5.74, 6) is 0.184. The molecular formula is C21H17N3O2S. The normalized spacial score (nSPS) is 10.9. The molecule has 0 aliphatic rings. The van der Waals surface area contributed by atoms with E-state index in [1.807, 2.05) is 73.7 Å². The van der Waals surface area contributed by atoms with E-state index < -0.39 is 0 Å². The van der Waals surface area contributed by atoms with Crippen LogP contribution >= 0.6 is 12.2 Å². The van der Waals surface area contributed by atoms with Crippen LogP contribution in [-0.4, -0.2) is 15.7 Å². The van der Waals surface area contributed by atoms with Gasteiger partial charge in [-0.2, -0.15) is 0 Å². The number of benzene rings is 3. The summed E-state index contributed by atoms with van der Waals surface area (Å²) >= 11 is 5.21. The molecule has 0 aliphatic heterocycles. The Bertz CT molecular complexity index is 1170. The van der Waals surface area contributed by atoms with Gasteiger partial charge in [0.15, 0.2) is 0 Å². The van der Waals surface area contributed by atoms with E-state index in [4.69, 9.17) is 16.6 Å². The first-order valence-electron chi connectivity index (χ1n) is 8.53.